The molecule has 0 saturated carbocycles. The summed E-state index contributed by atoms with van der Waals surface area (Å²) in [5.41, 5.74) is 11.1. The molecule has 2 N–H and O–H groups in total. The van der Waals surface area contributed by atoms with E-state index >= 15 is 0 Å². The van der Waals surface area contributed by atoms with Gasteiger partial charge in [-0.2, -0.15) is 0 Å². The van der Waals surface area contributed by atoms with Crippen molar-refractivity contribution in [2.45, 2.75) is 33.6 Å². The van der Waals surface area contributed by atoms with Gasteiger partial charge in [0.05, 0.1) is 0 Å². The van der Waals surface area contributed by atoms with E-state index in [-0.39, 0.29) is 13.1 Å². The zero-order valence-electron chi connectivity index (χ0n) is 14.2. The van der Waals surface area contributed by atoms with Gasteiger partial charge in [0, 0.05) is 12.7 Å². The Morgan fingerprint density at radius 1 is 1.00 bits per heavy atom. The largest absolute Gasteiger partial charge is 0.398 e. The maximum atomic E-state index is 11.9. The first-order valence-corrected chi connectivity index (χ1v) is 8.13. The topological polar surface area (TPSA) is 43.1 Å². The van der Waals surface area contributed by atoms with Crippen molar-refractivity contribution in [3.63, 3.8) is 0 Å². The molecule has 2 rings (SSSR count). The molecule has 0 aromatic heterocycles. The molecule has 2 heteroatoms. The quantitative estimate of drug-likeness (QED) is 0.790. The van der Waals surface area contributed by atoms with E-state index in [1.165, 1.54) is 11.1 Å². The van der Waals surface area contributed by atoms with Gasteiger partial charge in [-0.3, -0.25) is 4.79 Å². The second-order valence-electron chi connectivity index (χ2n) is 6.22. The molecule has 0 saturated heterocycles. The van der Waals surface area contributed by atoms with Gasteiger partial charge in [0.15, 0.2) is 5.78 Å². The summed E-state index contributed by atoms with van der Waals surface area (Å²) in [5, 5.41) is 0. The Morgan fingerprint density at radius 3 is 2.22 bits per heavy atom. The number of nitrogens with two attached hydrogens (primary N) is 1. The molecule has 0 fully saturated rings. The highest BCUT2D eigenvalue weighted by Gasteiger charge is 2.14. The van der Waals surface area contributed by atoms with Crippen LogP contribution < -0.4 is 5.73 Å². The average Bonchev–Trinajstić information content (AvgIpc) is 2.53. The molecule has 23 heavy (non-hydrogen) atoms. The van der Waals surface area contributed by atoms with E-state index in [0.717, 1.165) is 18.4 Å². The monoisotopic (exact) mass is 309 g/mol. The van der Waals surface area contributed by atoms with Crippen LogP contribution in [0, 0.1) is 5.92 Å². The van der Waals surface area contributed by atoms with Crippen molar-refractivity contribution >= 4 is 11.5 Å². The maximum absolute atomic E-state index is 11.9. The molecule has 0 aliphatic carbocycles. The number of allylic oxidation sites excluding steroid dienone is 1. The van der Waals surface area contributed by atoms with Gasteiger partial charge in [-0.05, 0) is 48.4 Å². The molecule has 2 aromatic rings. The lowest BCUT2D eigenvalue weighted by Gasteiger charge is -2.14. The van der Waals surface area contributed by atoms with Gasteiger partial charge in [-0.25, -0.2) is 0 Å². The van der Waals surface area contributed by atoms with Crippen LogP contribution in [0.5, 0.6) is 0 Å². The van der Waals surface area contributed by atoms with Crippen molar-refractivity contribution < 1.29 is 6.22 Å². The molecule has 0 unspecified atom stereocenters. The van der Waals surface area contributed by atoms with Crippen molar-refractivity contribution in [1.29, 1.82) is 0 Å². The Morgan fingerprint density at radius 2 is 1.61 bits per heavy atom. The number of hydrogen-bond donors (Lipinski definition) is 1. The van der Waals surface area contributed by atoms with Crippen LogP contribution in [0.4, 0.5) is 0 Å². The van der Waals surface area contributed by atoms with Crippen LogP contribution >= 0.6 is 0 Å². The zero-order valence-corrected chi connectivity index (χ0v) is 14.2. The summed E-state index contributed by atoms with van der Waals surface area (Å²) in [5.74, 6) is 0.174. The summed E-state index contributed by atoms with van der Waals surface area (Å²) < 4.78 is 0. The summed E-state index contributed by atoms with van der Waals surface area (Å²) in [7, 11) is 0. The van der Waals surface area contributed by atoms with Crippen LogP contribution in [0.3, 0.4) is 0 Å². The second kappa shape index (κ2) is 7.77. The number of aryl methyl sites for hydroxylation is 2. The molecular formula is C21H27NO. The van der Waals surface area contributed by atoms with Gasteiger partial charge in [-0.15, -0.1) is 0 Å². The van der Waals surface area contributed by atoms with E-state index in [0.29, 0.717) is 11.3 Å². The Hall–Kier alpha value is -2.35. The van der Waals surface area contributed by atoms with Crippen LogP contribution in [0.1, 0.15) is 38.9 Å². The summed E-state index contributed by atoms with van der Waals surface area (Å²) in [6.07, 6.45) is 1.96. The molecule has 122 valence electrons. The normalized spacial score (nSPS) is 12.2. The third kappa shape index (κ3) is 4.56. The van der Waals surface area contributed by atoms with Crippen LogP contribution in [0.15, 0.2) is 60.2 Å². The second-order valence-corrected chi connectivity index (χ2v) is 6.22. The standard InChI is InChI=1S/C21H25NO.H2/c1-15(2)20(16(3)23)21(22)19-11-7-10-18(14-19)13-12-17-8-5-4-6-9-17;/h4-11,14-15H,12-13,22H2,1-3H3;1H/b21-20-;. The fourth-order valence-corrected chi connectivity index (χ4v) is 2.89. The highest BCUT2D eigenvalue weighted by Crippen LogP contribution is 2.22. The predicted molar refractivity (Wildman–Crippen MR) is 99.0 cm³/mol. The van der Waals surface area contributed by atoms with E-state index in [9.17, 15) is 4.79 Å². The van der Waals surface area contributed by atoms with Gasteiger partial charge in [0.2, 0.25) is 0 Å². The highest BCUT2D eigenvalue weighted by atomic mass is 16.1. The molecule has 0 bridgehead atoms. The van der Waals surface area contributed by atoms with Crippen molar-refractivity contribution in [3.05, 3.63) is 76.9 Å². The fraction of sp³-hybridized carbons (Fsp3) is 0.286. The van der Waals surface area contributed by atoms with E-state index in [1.807, 2.05) is 32.0 Å². The predicted octanol–water partition coefficient (Wildman–Crippen LogP) is 4.63. The Kier molecular flexibility index (Phi) is 5.75. The van der Waals surface area contributed by atoms with Crippen LogP contribution in [0.2, 0.25) is 0 Å². The SMILES string of the molecule is CC(=O)/C(=C(\N)c1cccc(CCc2ccccc2)c1)C(C)C.[HH]. The first kappa shape index (κ1) is 17.0. The Bertz CT molecular complexity index is 705. The number of Topliss-reactive ketones (excluding diaryl/α,β-unsaturated/α-hetero) is 1. The van der Waals surface area contributed by atoms with Crippen molar-refractivity contribution in [2.75, 3.05) is 0 Å². The molecule has 0 spiro atoms. The van der Waals surface area contributed by atoms with Crippen LogP contribution in [-0.2, 0) is 17.6 Å². The summed E-state index contributed by atoms with van der Waals surface area (Å²) in [6, 6.07) is 18.7. The minimum Gasteiger partial charge on any atom is -0.398 e. The lowest BCUT2D eigenvalue weighted by atomic mass is 9.93. The van der Waals surface area contributed by atoms with Gasteiger partial charge in [0.25, 0.3) is 0 Å². The first-order chi connectivity index (χ1) is 11.0. The molecule has 0 aliphatic heterocycles. The number of hydrogen-bond acceptors (Lipinski definition) is 2. The van der Waals surface area contributed by atoms with E-state index < -0.39 is 0 Å². The Balaban J connectivity index is 0.00000288. The zero-order chi connectivity index (χ0) is 16.8. The minimum atomic E-state index is 0. The smallest absolute Gasteiger partial charge is 0.158 e. The number of carbonyl (C=O) groups excluding carboxylic acids is 1. The molecule has 0 heterocycles. The van der Waals surface area contributed by atoms with E-state index in [2.05, 4.69) is 36.4 Å². The van der Waals surface area contributed by atoms with Gasteiger partial charge < -0.3 is 5.73 Å². The van der Waals surface area contributed by atoms with Crippen molar-refractivity contribution in [3.8, 4) is 0 Å². The van der Waals surface area contributed by atoms with E-state index in [1.54, 1.807) is 6.92 Å². The Labute approximate surface area is 140 Å². The molecule has 0 aliphatic rings. The summed E-state index contributed by atoms with van der Waals surface area (Å²) >= 11 is 0. The lowest BCUT2D eigenvalue weighted by Crippen LogP contribution is -2.12. The average molecular weight is 309 g/mol. The van der Waals surface area contributed by atoms with Crippen molar-refractivity contribution in [1.82, 2.24) is 0 Å². The number of ketones is 1. The van der Waals surface area contributed by atoms with Crippen LogP contribution in [-0.4, -0.2) is 5.78 Å². The lowest BCUT2D eigenvalue weighted by molar-refractivity contribution is -0.113. The molecule has 2 aromatic carbocycles. The first-order valence-electron chi connectivity index (χ1n) is 8.13. The van der Waals surface area contributed by atoms with Crippen LogP contribution in [0.25, 0.3) is 5.70 Å². The third-order valence-corrected chi connectivity index (χ3v) is 4.03. The number of rotatable bonds is 6. The number of carbonyl (C=O) groups is 1. The molecule has 0 amide bonds. The van der Waals surface area contributed by atoms with Crippen molar-refractivity contribution in [2.24, 2.45) is 11.7 Å². The molecule has 0 radical (unpaired) electrons. The van der Waals surface area contributed by atoms with Gasteiger partial charge in [-0.1, -0.05) is 62.4 Å². The maximum Gasteiger partial charge on any atom is 0.158 e. The number of benzene rings is 2. The highest BCUT2D eigenvalue weighted by molar-refractivity contribution is 6.00. The molecule has 0 atom stereocenters. The molecular weight excluding hydrogens is 282 g/mol. The summed E-state index contributed by atoms with van der Waals surface area (Å²) in [4.78, 5) is 11.9. The summed E-state index contributed by atoms with van der Waals surface area (Å²) in [6.45, 7) is 5.59. The fourth-order valence-electron chi connectivity index (χ4n) is 2.89. The van der Waals surface area contributed by atoms with Gasteiger partial charge in [0.1, 0.15) is 0 Å². The molecule has 2 nitrogen and oxygen atoms in total. The third-order valence-electron chi connectivity index (χ3n) is 4.03. The minimum absolute atomic E-state index is 0. The van der Waals surface area contributed by atoms with Gasteiger partial charge >= 0.3 is 0 Å². The van der Waals surface area contributed by atoms with E-state index in [4.69, 9.17) is 5.73 Å².